The molecule has 0 saturated carbocycles. The summed E-state index contributed by atoms with van der Waals surface area (Å²) in [6, 6.07) is 4.12. The zero-order chi connectivity index (χ0) is 14.9. The number of aromatic nitrogens is 2. The zero-order valence-electron chi connectivity index (χ0n) is 11.5. The third-order valence-electron chi connectivity index (χ3n) is 3.48. The maximum absolute atomic E-state index is 13.4. The van der Waals surface area contributed by atoms with Crippen LogP contribution in [0.15, 0.2) is 24.3 Å². The van der Waals surface area contributed by atoms with Gasteiger partial charge < -0.3 is 10.3 Å². The van der Waals surface area contributed by atoms with Gasteiger partial charge in [-0.2, -0.15) is 13.2 Å². The van der Waals surface area contributed by atoms with Crippen molar-refractivity contribution < 1.29 is 13.2 Å². The van der Waals surface area contributed by atoms with E-state index in [2.05, 4.69) is 4.98 Å². The molecule has 1 heterocycles. The number of aryl methyl sites for hydroxylation is 1. The highest BCUT2D eigenvalue weighted by Crippen LogP contribution is 2.37. The van der Waals surface area contributed by atoms with E-state index in [9.17, 15) is 13.2 Å². The number of para-hydroxylation sites is 2. The van der Waals surface area contributed by atoms with Gasteiger partial charge in [-0.05, 0) is 18.6 Å². The van der Waals surface area contributed by atoms with Crippen molar-refractivity contribution in [3.63, 3.8) is 0 Å². The highest BCUT2D eigenvalue weighted by molar-refractivity contribution is 5.76. The van der Waals surface area contributed by atoms with E-state index >= 15 is 0 Å². The van der Waals surface area contributed by atoms with Crippen LogP contribution in [0, 0.1) is 0 Å². The Morgan fingerprint density at radius 1 is 1.25 bits per heavy atom. The number of hydrogen-bond acceptors (Lipinski definition) is 2. The molecule has 2 rings (SSSR count). The van der Waals surface area contributed by atoms with Crippen molar-refractivity contribution >= 4 is 11.0 Å². The first kappa shape index (κ1) is 14.8. The molecule has 2 aromatic rings. The summed E-state index contributed by atoms with van der Waals surface area (Å²) in [5.74, 6) is 0.414. The van der Waals surface area contributed by atoms with Crippen LogP contribution < -0.4 is 5.73 Å². The fourth-order valence-electron chi connectivity index (χ4n) is 2.46. The van der Waals surface area contributed by atoms with Gasteiger partial charge in [0.2, 0.25) is 0 Å². The molecule has 0 aliphatic heterocycles. The standard InChI is InChI=1S/C14H18F3N3/c1-3-9(18)13(14(15,16)17)20-11-8-6-5-7-10(11)19-12(20)4-2/h5-9,13H,3-4,18H2,1-2H3. The predicted molar refractivity (Wildman–Crippen MR) is 72.5 cm³/mol. The lowest BCUT2D eigenvalue weighted by Gasteiger charge is -2.28. The second-order valence-corrected chi connectivity index (χ2v) is 4.80. The Bertz CT molecular complexity index is 589. The lowest BCUT2D eigenvalue weighted by molar-refractivity contribution is -0.172. The van der Waals surface area contributed by atoms with E-state index in [0.717, 1.165) is 0 Å². The van der Waals surface area contributed by atoms with Gasteiger partial charge in [0.25, 0.3) is 0 Å². The van der Waals surface area contributed by atoms with Crippen LogP contribution in [0.25, 0.3) is 11.0 Å². The van der Waals surface area contributed by atoms with Gasteiger partial charge in [-0.15, -0.1) is 0 Å². The van der Waals surface area contributed by atoms with E-state index in [1.54, 1.807) is 38.1 Å². The normalized spacial score (nSPS) is 15.5. The molecule has 20 heavy (non-hydrogen) atoms. The Morgan fingerprint density at radius 3 is 2.45 bits per heavy atom. The quantitative estimate of drug-likeness (QED) is 0.935. The van der Waals surface area contributed by atoms with Crippen molar-refractivity contribution in [2.75, 3.05) is 0 Å². The molecular weight excluding hydrogens is 267 g/mol. The van der Waals surface area contributed by atoms with Crippen LogP contribution in [-0.2, 0) is 6.42 Å². The summed E-state index contributed by atoms with van der Waals surface area (Å²) < 4.78 is 41.6. The summed E-state index contributed by atoms with van der Waals surface area (Å²) >= 11 is 0. The predicted octanol–water partition coefficient (Wildman–Crippen LogP) is 3.44. The third kappa shape index (κ3) is 2.52. The fourth-order valence-corrected chi connectivity index (χ4v) is 2.46. The zero-order valence-corrected chi connectivity index (χ0v) is 11.5. The van der Waals surface area contributed by atoms with Crippen LogP contribution in [0.3, 0.4) is 0 Å². The second-order valence-electron chi connectivity index (χ2n) is 4.80. The van der Waals surface area contributed by atoms with E-state index < -0.39 is 18.3 Å². The first-order valence-electron chi connectivity index (χ1n) is 6.68. The minimum absolute atomic E-state index is 0.250. The Hall–Kier alpha value is -1.56. The van der Waals surface area contributed by atoms with Crippen molar-refractivity contribution in [3.05, 3.63) is 30.1 Å². The van der Waals surface area contributed by atoms with E-state index in [0.29, 0.717) is 23.3 Å². The number of rotatable bonds is 4. The highest BCUT2D eigenvalue weighted by atomic mass is 19.4. The molecule has 3 nitrogen and oxygen atoms in total. The number of nitrogens with two attached hydrogens (primary N) is 1. The number of hydrogen-bond donors (Lipinski definition) is 1. The van der Waals surface area contributed by atoms with Crippen molar-refractivity contribution in [2.45, 2.75) is 44.9 Å². The molecule has 0 amide bonds. The molecule has 0 fully saturated rings. The monoisotopic (exact) mass is 285 g/mol. The van der Waals surface area contributed by atoms with Gasteiger partial charge in [-0.1, -0.05) is 26.0 Å². The van der Waals surface area contributed by atoms with Crippen LogP contribution >= 0.6 is 0 Å². The topological polar surface area (TPSA) is 43.8 Å². The number of fused-ring (bicyclic) bond motifs is 1. The highest BCUT2D eigenvalue weighted by Gasteiger charge is 2.45. The summed E-state index contributed by atoms with van der Waals surface area (Å²) in [4.78, 5) is 4.29. The molecule has 0 radical (unpaired) electrons. The maximum Gasteiger partial charge on any atom is 0.410 e. The van der Waals surface area contributed by atoms with Crippen LogP contribution in [0.4, 0.5) is 13.2 Å². The average Bonchev–Trinajstić information content (AvgIpc) is 2.76. The number of nitrogens with zero attached hydrogens (tertiary/aromatic N) is 2. The fraction of sp³-hybridized carbons (Fsp3) is 0.500. The number of imidazole rings is 1. The molecule has 0 bridgehead atoms. The van der Waals surface area contributed by atoms with Gasteiger partial charge in [0, 0.05) is 12.5 Å². The number of benzene rings is 1. The molecule has 2 atom stereocenters. The van der Waals surface area contributed by atoms with Gasteiger partial charge in [-0.3, -0.25) is 0 Å². The number of halogens is 3. The Labute approximate surface area is 115 Å². The molecule has 1 aromatic carbocycles. The first-order chi connectivity index (χ1) is 9.40. The summed E-state index contributed by atoms with van der Waals surface area (Å²) in [5.41, 5.74) is 6.79. The van der Waals surface area contributed by atoms with Crippen molar-refractivity contribution in [2.24, 2.45) is 5.73 Å². The van der Waals surface area contributed by atoms with Gasteiger partial charge in [0.1, 0.15) is 11.9 Å². The van der Waals surface area contributed by atoms with Gasteiger partial charge in [0.15, 0.2) is 0 Å². The van der Waals surface area contributed by atoms with Crippen molar-refractivity contribution in [3.8, 4) is 0 Å². The number of alkyl halides is 3. The largest absolute Gasteiger partial charge is 0.410 e. The summed E-state index contributed by atoms with van der Waals surface area (Å²) in [6.07, 6.45) is -3.72. The minimum Gasteiger partial charge on any atom is -0.326 e. The smallest absolute Gasteiger partial charge is 0.326 e. The average molecular weight is 285 g/mol. The lowest BCUT2D eigenvalue weighted by atomic mass is 10.1. The molecule has 0 aliphatic carbocycles. The van der Waals surface area contributed by atoms with Crippen LogP contribution in [0.1, 0.15) is 32.1 Å². The van der Waals surface area contributed by atoms with Crippen LogP contribution in [-0.4, -0.2) is 21.8 Å². The molecule has 0 saturated heterocycles. The molecular formula is C14H18F3N3. The molecule has 6 heteroatoms. The summed E-state index contributed by atoms with van der Waals surface area (Å²) in [7, 11) is 0. The SMILES string of the molecule is CCc1nc2ccccc2n1C(C(N)CC)C(F)(F)F. The molecule has 0 aliphatic rings. The minimum atomic E-state index is -4.40. The van der Waals surface area contributed by atoms with E-state index in [-0.39, 0.29) is 6.42 Å². The van der Waals surface area contributed by atoms with Crippen molar-refractivity contribution in [1.82, 2.24) is 9.55 Å². The van der Waals surface area contributed by atoms with Crippen LogP contribution in [0.5, 0.6) is 0 Å². The van der Waals surface area contributed by atoms with E-state index in [1.807, 2.05) is 0 Å². The Morgan fingerprint density at radius 2 is 1.90 bits per heavy atom. The Balaban J connectivity index is 2.69. The van der Waals surface area contributed by atoms with Crippen LogP contribution in [0.2, 0.25) is 0 Å². The van der Waals surface area contributed by atoms with Gasteiger partial charge >= 0.3 is 6.18 Å². The first-order valence-corrected chi connectivity index (χ1v) is 6.68. The van der Waals surface area contributed by atoms with Gasteiger partial charge in [-0.25, -0.2) is 4.98 Å². The molecule has 1 aromatic heterocycles. The molecule has 0 spiro atoms. The van der Waals surface area contributed by atoms with E-state index in [4.69, 9.17) is 5.73 Å². The molecule has 2 unspecified atom stereocenters. The maximum atomic E-state index is 13.4. The molecule has 110 valence electrons. The molecule has 2 N–H and O–H groups in total. The van der Waals surface area contributed by atoms with E-state index in [1.165, 1.54) is 4.57 Å². The van der Waals surface area contributed by atoms with Gasteiger partial charge in [0.05, 0.1) is 11.0 Å². The second kappa shape index (κ2) is 5.44. The summed E-state index contributed by atoms with van der Waals surface area (Å²) in [5, 5.41) is 0. The summed E-state index contributed by atoms with van der Waals surface area (Å²) in [6.45, 7) is 3.46. The Kier molecular flexibility index (Phi) is 4.04. The van der Waals surface area contributed by atoms with Crippen molar-refractivity contribution in [1.29, 1.82) is 0 Å². The lowest BCUT2D eigenvalue weighted by Crippen LogP contribution is -2.42. The third-order valence-corrected chi connectivity index (χ3v) is 3.48.